The molecule has 13 heavy (non-hydrogen) atoms. The Balaban J connectivity index is 1.81. The molecular formula is C10H13NOS. The highest BCUT2D eigenvalue weighted by atomic mass is 32.1. The van der Waals surface area contributed by atoms with Gasteiger partial charge in [-0.05, 0) is 31.9 Å². The summed E-state index contributed by atoms with van der Waals surface area (Å²) >= 11 is 1.75. The van der Waals surface area contributed by atoms with Crippen molar-refractivity contribution in [3.8, 4) is 0 Å². The van der Waals surface area contributed by atoms with Crippen LogP contribution in [0.1, 0.15) is 22.6 Å². The largest absolute Gasteiger partial charge is 0.351 e. The van der Waals surface area contributed by atoms with E-state index in [-0.39, 0.29) is 5.91 Å². The van der Waals surface area contributed by atoms with E-state index in [1.165, 1.54) is 9.75 Å². The molecule has 0 unspecified atom stereocenters. The predicted octanol–water partition coefficient (Wildman–Crippen LogP) is 2.08. The molecule has 0 atom stereocenters. The van der Waals surface area contributed by atoms with E-state index in [2.05, 4.69) is 24.4 Å². The normalized spacial score (nSPS) is 15.8. The fraction of sp³-hybridized carbons (Fsp3) is 0.500. The lowest BCUT2D eigenvalue weighted by molar-refractivity contribution is -0.122. The van der Waals surface area contributed by atoms with Gasteiger partial charge in [0.25, 0.3) is 0 Å². The molecule has 1 amide bonds. The summed E-state index contributed by atoms with van der Waals surface area (Å²) in [6, 6.07) is 4.16. The zero-order chi connectivity index (χ0) is 9.26. The van der Waals surface area contributed by atoms with E-state index in [9.17, 15) is 4.79 Å². The first kappa shape index (κ1) is 8.75. The molecule has 0 bridgehead atoms. The van der Waals surface area contributed by atoms with E-state index in [1.54, 1.807) is 11.3 Å². The molecule has 3 heteroatoms. The van der Waals surface area contributed by atoms with Gasteiger partial charge in [-0.25, -0.2) is 0 Å². The van der Waals surface area contributed by atoms with Crippen LogP contribution in [0.2, 0.25) is 0 Å². The molecule has 0 saturated heterocycles. The number of hydrogen-bond donors (Lipinski definition) is 1. The zero-order valence-electron chi connectivity index (χ0n) is 7.67. The minimum atomic E-state index is 0.228. The van der Waals surface area contributed by atoms with Crippen molar-refractivity contribution < 1.29 is 4.79 Å². The smallest absolute Gasteiger partial charge is 0.223 e. The fourth-order valence-corrected chi connectivity index (χ4v) is 2.07. The predicted molar refractivity (Wildman–Crippen MR) is 53.6 cm³/mol. The number of thiophene rings is 1. The van der Waals surface area contributed by atoms with Gasteiger partial charge in [-0.2, -0.15) is 0 Å². The Kier molecular flexibility index (Phi) is 2.36. The minimum absolute atomic E-state index is 0.228. The first-order valence-electron chi connectivity index (χ1n) is 4.59. The molecule has 1 fully saturated rings. The van der Waals surface area contributed by atoms with Crippen molar-refractivity contribution in [2.45, 2.75) is 26.3 Å². The zero-order valence-corrected chi connectivity index (χ0v) is 8.49. The second-order valence-electron chi connectivity index (χ2n) is 3.50. The Morgan fingerprint density at radius 2 is 2.38 bits per heavy atom. The van der Waals surface area contributed by atoms with Gasteiger partial charge in [0.2, 0.25) is 5.91 Å². The highest BCUT2D eigenvalue weighted by Gasteiger charge is 2.29. The second kappa shape index (κ2) is 3.50. The maximum Gasteiger partial charge on any atom is 0.223 e. The van der Waals surface area contributed by atoms with Gasteiger partial charge < -0.3 is 5.32 Å². The van der Waals surface area contributed by atoms with Gasteiger partial charge >= 0.3 is 0 Å². The average molecular weight is 195 g/mol. The molecule has 2 rings (SSSR count). The molecule has 1 aromatic heterocycles. The van der Waals surface area contributed by atoms with Crippen molar-refractivity contribution in [1.82, 2.24) is 5.32 Å². The van der Waals surface area contributed by atoms with Crippen molar-refractivity contribution >= 4 is 17.2 Å². The van der Waals surface area contributed by atoms with Gasteiger partial charge in [-0.3, -0.25) is 4.79 Å². The molecular weight excluding hydrogens is 182 g/mol. The number of aryl methyl sites for hydroxylation is 1. The maximum absolute atomic E-state index is 11.3. The molecule has 1 N–H and O–H groups in total. The van der Waals surface area contributed by atoms with Crippen molar-refractivity contribution in [2.24, 2.45) is 5.92 Å². The highest BCUT2D eigenvalue weighted by molar-refractivity contribution is 7.11. The van der Waals surface area contributed by atoms with Crippen molar-refractivity contribution in [1.29, 1.82) is 0 Å². The Hall–Kier alpha value is -0.830. The molecule has 0 spiro atoms. The Bertz CT molecular complexity index is 314. The third-order valence-corrected chi connectivity index (χ3v) is 3.18. The summed E-state index contributed by atoms with van der Waals surface area (Å²) in [4.78, 5) is 13.8. The summed E-state index contributed by atoms with van der Waals surface area (Å²) in [5.74, 6) is 0.548. The topological polar surface area (TPSA) is 29.1 Å². The number of carbonyl (C=O) groups is 1. The second-order valence-corrected chi connectivity index (χ2v) is 4.88. The molecule has 0 aliphatic heterocycles. The van der Waals surface area contributed by atoms with Crippen molar-refractivity contribution in [3.63, 3.8) is 0 Å². The average Bonchev–Trinajstić information content (AvgIpc) is 2.87. The summed E-state index contributed by atoms with van der Waals surface area (Å²) < 4.78 is 0. The first-order valence-corrected chi connectivity index (χ1v) is 5.40. The van der Waals surface area contributed by atoms with Crippen LogP contribution in [-0.2, 0) is 11.3 Å². The SMILES string of the molecule is Cc1ccc(CNC(=O)C2CC2)s1. The van der Waals surface area contributed by atoms with Gasteiger partial charge in [0.05, 0.1) is 6.54 Å². The van der Waals surface area contributed by atoms with Crippen LogP contribution in [0.15, 0.2) is 12.1 Å². The summed E-state index contributed by atoms with van der Waals surface area (Å²) in [6.45, 7) is 2.78. The van der Waals surface area contributed by atoms with Crippen LogP contribution >= 0.6 is 11.3 Å². The van der Waals surface area contributed by atoms with Crippen LogP contribution < -0.4 is 5.32 Å². The molecule has 1 heterocycles. The van der Waals surface area contributed by atoms with E-state index in [4.69, 9.17) is 0 Å². The molecule has 0 radical (unpaired) electrons. The number of rotatable bonds is 3. The maximum atomic E-state index is 11.3. The lowest BCUT2D eigenvalue weighted by Gasteiger charge is -2.00. The van der Waals surface area contributed by atoms with E-state index in [0.717, 1.165) is 12.8 Å². The van der Waals surface area contributed by atoms with Gasteiger partial charge in [0, 0.05) is 15.7 Å². The van der Waals surface area contributed by atoms with E-state index in [1.807, 2.05) is 0 Å². The van der Waals surface area contributed by atoms with Crippen LogP contribution in [0.4, 0.5) is 0 Å². The quantitative estimate of drug-likeness (QED) is 0.786. The van der Waals surface area contributed by atoms with Crippen LogP contribution in [0.5, 0.6) is 0 Å². The molecule has 1 saturated carbocycles. The number of amides is 1. The lowest BCUT2D eigenvalue weighted by atomic mass is 10.4. The van der Waals surface area contributed by atoms with Gasteiger partial charge in [0.1, 0.15) is 0 Å². The van der Waals surface area contributed by atoms with E-state index >= 15 is 0 Å². The molecule has 0 aromatic carbocycles. The van der Waals surface area contributed by atoms with E-state index in [0.29, 0.717) is 12.5 Å². The van der Waals surface area contributed by atoms with Crippen molar-refractivity contribution in [2.75, 3.05) is 0 Å². The summed E-state index contributed by atoms with van der Waals surface area (Å²) in [6.07, 6.45) is 2.16. The molecule has 1 aromatic rings. The fourth-order valence-electron chi connectivity index (χ4n) is 1.24. The van der Waals surface area contributed by atoms with Crippen LogP contribution in [0, 0.1) is 12.8 Å². The van der Waals surface area contributed by atoms with Gasteiger partial charge in [-0.15, -0.1) is 11.3 Å². The minimum Gasteiger partial charge on any atom is -0.351 e. The van der Waals surface area contributed by atoms with E-state index < -0.39 is 0 Å². The number of hydrogen-bond acceptors (Lipinski definition) is 2. The Morgan fingerprint density at radius 3 is 2.92 bits per heavy atom. The summed E-state index contributed by atoms with van der Waals surface area (Å²) in [5, 5.41) is 2.95. The third-order valence-electron chi connectivity index (χ3n) is 2.18. The molecule has 1 aliphatic carbocycles. The Labute approximate surface area is 82.0 Å². The highest BCUT2D eigenvalue weighted by Crippen LogP contribution is 2.28. The van der Waals surface area contributed by atoms with Crippen LogP contribution in [0.25, 0.3) is 0 Å². The van der Waals surface area contributed by atoms with Crippen molar-refractivity contribution in [3.05, 3.63) is 21.9 Å². The number of nitrogens with one attached hydrogen (secondary N) is 1. The summed E-state index contributed by atoms with van der Waals surface area (Å²) in [7, 11) is 0. The third kappa shape index (κ3) is 2.31. The lowest BCUT2D eigenvalue weighted by Crippen LogP contribution is -2.23. The van der Waals surface area contributed by atoms with Crippen LogP contribution in [-0.4, -0.2) is 5.91 Å². The molecule has 70 valence electrons. The standard InChI is InChI=1S/C10H13NOS/c1-7-2-5-9(13-7)6-11-10(12)8-3-4-8/h2,5,8H,3-4,6H2,1H3,(H,11,12). The Morgan fingerprint density at radius 1 is 1.62 bits per heavy atom. The summed E-state index contributed by atoms with van der Waals surface area (Å²) in [5.41, 5.74) is 0. The van der Waals surface area contributed by atoms with Crippen LogP contribution in [0.3, 0.4) is 0 Å². The monoisotopic (exact) mass is 195 g/mol. The van der Waals surface area contributed by atoms with Gasteiger partial charge in [0.15, 0.2) is 0 Å². The molecule has 1 aliphatic rings. The molecule has 2 nitrogen and oxygen atoms in total. The van der Waals surface area contributed by atoms with Gasteiger partial charge in [-0.1, -0.05) is 0 Å². The number of carbonyl (C=O) groups excluding carboxylic acids is 1. The first-order chi connectivity index (χ1) is 6.25.